The summed E-state index contributed by atoms with van der Waals surface area (Å²) in [6, 6.07) is 17.4. The molecule has 4 rings (SSSR count). The van der Waals surface area contributed by atoms with E-state index >= 15 is 0 Å². The molecular weight excluding hydrogens is 344 g/mol. The van der Waals surface area contributed by atoms with E-state index in [0.717, 1.165) is 27.5 Å². The second kappa shape index (κ2) is 7.33. The van der Waals surface area contributed by atoms with E-state index in [1.54, 1.807) is 28.4 Å². The van der Waals surface area contributed by atoms with E-state index in [4.69, 9.17) is 0 Å². The molecule has 1 N–H and O–H groups in total. The third-order valence-electron chi connectivity index (χ3n) is 3.90. The molecule has 0 saturated carbocycles. The number of anilines is 1. The van der Waals surface area contributed by atoms with Gasteiger partial charge in [-0.3, -0.25) is 4.79 Å². The Kier molecular flexibility index (Phi) is 4.57. The molecule has 2 aromatic heterocycles. The van der Waals surface area contributed by atoms with E-state index in [1.165, 1.54) is 0 Å². The summed E-state index contributed by atoms with van der Waals surface area (Å²) in [4.78, 5) is 16.7. The van der Waals surface area contributed by atoms with Gasteiger partial charge in [-0.2, -0.15) is 5.10 Å². The summed E-state index contributed by atoms with van der Waals surface area (Å²) in [6.07, 6.45) is 5.72. The zero-order chi connectivity index (χ0) is 17.8. The van der Waals surface area contributed by atoms with Crippen molar-refractivity contribution in [2.75, 3.05) is 5.32 Å². The lowest BCUT2D eigenvalue weighted by Crippen LogP contribution is -2.14. The molecule has 0 bridgehead atoms. The van der Waals surface area contributed by atoms with Crippen LogP contribution in [0.4, 0.5) is 5.69 Å². The first kappa shape index (κ1) is 16.2. The maximum Gasteiger partial charge on any atom is 0.228 e. The Morgan fingerprint density at radius 1 is 1.08 bits per heavy atom. The molecule has 0 fully saturated rings. The van der Waals surface area contributed by atoms with Gasteiger partial charge >= 0.3 is 0 Å². The van der Waals surface area contributed by atoms with Gasteiger partial charge in [0.1, 0.15) is 5.01 Å². The molecule has 0 unspecified atom stereocenters. The largest absolute Gasteiger partial charge is 0.326 e. The predicted octanol–water partition coefficient (Wildman–Crippen LogP) is 4.18. The van der Waals surface area contributed by atoms with Gasteiger partial charge in [0.15, 0.2) is 0 Å². The summed E-state index contributed by atoms with van der Waals surface area (Å²) in [5.41, 5.74) is 3.70. The van der Waals surface area contributed by atoms with Crippen molar-refractivity contribution >= 4 is 22.9 Å². The Morgan fingerprint density at radius 3 is 2.69 bits per heavy atom. The number of aromatic nitrogens is 3. The van der Waals surface area contributed by atoms with Crippen LogP contribution in [0.2, 0.25) is 0 Å². The van der Waals surface area contributed by atoms with Crippen LogP contribution < -0.4 is 5.32 Å². The van der Waals surface area contributed by atoms with Gasteiger partial charge in [-0.25, -0.2) is 9.67 Å². The molecule has 0 radical (unpaired) electrons. The molecule has 2 aromatic carbocycles. The number of thiazole rings is 1. The molecule has 0 atom stereocenters. The van der Waals surface area contributed by atoms with Gasteiger partial charge in [0.25, 0.3) is 0 Å². The highest BCUT2D eigenvalue weighted by atomic mass is 32.1. The Balaban J connectivity index is 1.42. The normalized spacial score (nSPS) is 10.6. The van der Waals surface area contributed by atoms with Crippen LogP contribution in [0.1, 0.15) is 5.56 Å². The van der Waals surface area contributed by atoms with Crippen molar-refractivity contribution in [2.24, 2.45) is 0 Å². The van der Waals surface area contributed by atoms with Crippen LogP contribution >= 0.6 is 11.3 Å². The van der Waals surface area contributed by atoms with Gasteiger partial charge in [-0.15, -0.1) is 11.3 Å². The monoisotopic (exact) mass is 360 g/mol. The number of rotatable bonds is 5. The zero-order valence-corrected chi connectivity index (χ0v) is 14.7. The van der Waals surface area contributed by atoms with Crippen molar-refractivity contribution < 1.29 is 4.79 Å². The molecule has 128 valence electrons. The maximum absolute atomic E-state index is 12.4. The van der Waals surface area contributed by atoms with Crippen LogP contribution in [-0.2, 0) is 11.2 Å². The summed E-state index contributed by atoms with van der Waals surface area (Å²) in [6.45, 7) is 0. The van der Waals surface area contributed by atoms with Crippen LogP contribution in [0.15, 0.2) is 78.6 Å². The van der Waals surface area contributed by atoms with Crippen molar-refractivity contribution in [3.63, 3.8) is 0 Å². The predicted molar refractivity (Wildman–Crippen MR) is 103 cm³/mol. The number of hydrogen-bond acceptors (Lipinski definition) is 4. The highest BCUT2D eigenvalue weighted by Crippen LogP contribution is 2.24. The number of nitrogens with one attached hydrogen (secondary N) is 1. The van der Waals surface area contributed by atoms with Crippen molar-refractivity contribution in [1.82, 2.24) is 14.8 Å². The molecule has 2 heterocycles. The van der Waals surface area contributed by atoms with Gasteiger partial charge < -0.3 is 5.32 Å². The standard InChI is InChI=1S/C20H16N4OS/c25-19(13-15-5-7-18(8-6-15)24-11-2-9-22-24)23-17-4-1-3-16(14-17)20-21-10-12-26-20/h1-12,14H,13H2,(H,23,25). The topological polar surface area (TPSA) is 59.8 Å². The lowest BCUT2D eigenvalue weighted by atomic mass is 10.1. The molecular formula is C20H16N4OS. The lowest BCUT2D eigenvalue weighted by Gasteiger charge is -2.07. The third-order valence-corrected chi connectivity index (χ3v) is 4.72. The molecule has 0 aliphatic rings. The van der Waals surface area contributed by atoms with E-state index in [2.05, 4.69) is 15.4 Å². The van der Waals surface area contributed by atoms with Crippen LogP contribution in [0.25, 0.3) is 16.3 Å². The SMILES string of the molecule is O=C(Cc1ccc(-n2cccn2)cc1)Nc1cccc(-c2nccs2)c1. The first-order chi connectivity index (χ1) is 12.8. The molecule has 0 saturated heterocycles. The number of benzene rings is 2. The van der Waals surface area contributed by atoms with Crippen LogP contribution in [0.3, 0.4) is 0 Å². The molecule has 26 heavy (non-hydrogen) atoms. The van der Waals surface area contributed by atoms with Gasteiger partial charge in [0.2, 0.25) is 5.91 Å². The summed E-state index contributed by atoms with van der Waals surface area (Å²) in [5.74, 6) is -0.0480. The van der Waals surface area contributed by atoms with E-state index in [0.29, 0.717) is 6.42 Å². The van der Waals surface area contributed by atoms with Crippen molar-refractivity contribution in [3.8, 4) is 16.3 Å². The zero-order valence-electron chi connectivity index (χ0n) is 13.9. The van der Waals surface area contributed by atoms with Gasteiger partial charge in [0.05, 0.1) is 12.1 Å². The molecule has 5 nitrogen and oxygen atoms in total. The Bertz CT molecular complexity index is 993. The maximum atomic E-state index is 12.4. The number of carbonyl (C=O) groups excluding carboxylic acids is 1. The van der Waals surface area contributed by atoms with Gasteiger partial charge in [0, 0.05) is 35.2 Å². The van der Waals surface area contributed by atoms with E-state index < -0.39 is 0 Å². The Labute approximate surface area is 155 Å². The first-order valence-electron chi connectivity index (χ1n) is 8.17. The smallest absolute Gasteiger partial charge is 0.228 e. The Hall–Kier alpha value is -3.25. The lowest BCUT2D eigenvalue weighted by molar-refractivity contribution is -0.115. The molecule has 1 amide bonds. The summed E-state index contributed by atoms with van der Waals surface area (Å²) in [7, 11) is 0. The Morgan fingerprint density at radius 2 is 1.96 bits per heavy atom. The number of hydrogen-bond donors (Lipinski definition) is 1. The molecule has 0 spiro atoms. The molecule has 4 aromatic rings. The highest BCUT2D eigenvalue weighted by Gasteiger charge is 2.07. The molecule has 6 heteroatoms. The molecule has 0 aliphatic carbocycles. The van der Waals surface area contributed by atoms with Crippen molar-refractivity contribution in [3.05, 3.63) is 84.1 Å². The highest BCUT2D eigenvalue weighted by molar-refractivity contribution is 7.13. The van der Waals surface area contributed by atoms with Gasteiger partial charge in [-0.1, -0.05) is 24.3 Å². The van der Waals surface area contributed by atoms with E-state index in [9.17, 15) is 4.79 Å². The fourth-order valence-electron chi connectivity index (χ4n) is 2.67. The molecule has 0 aliphatic heterocycles. The third kappa shape index (κ3) is 3.70. The fraction of sp³-hybridized carbons (Fsp3) is 0.0500. The summed E-state index contributed by atoms with van der Waals surface area (Å²) >= 11 is 1.58. The van der Waals surface area contributed by atoms with Gasteiger partial charge in [-0.05, 0) is 35.9 Å². The van der Waals surface area contributed by atoms with E-state index in [-0.39, 0.29) is 5.91 Å². The quantitative estimate of drug-likeness (QED) is 0.581. The fourth-order valence-corrected chi connectivity index (χ4v) is 3.31. The average Bonchev–Trinajstić information content (AvgIpc) is 3.37. The van der Waals surface area contributed by atoms with Crippen LogP contribution in [0, 0.1) is 0 Å². The van der Waals surface area contributed by atoms with Crippen LogP contribution in [-0.4, -0.2) is 20.7 Å². The van der Waals surface area contributed by atoms with Crippen LogP contribution in [0.5, 0.6) is 0 Å². The van der Waals surface area contributed by atoms with E-state index in [1.807, 2.05) is 66.2 Å². The minimum absolute atomic E-state index is 0.0480. The minimum Gasteiger partial charge on any atom is -0.326 e. The number of carbonyl (C=O) groups is 1. The summed E-state index contributed by atoms with van der Waals surface area (Å²) < 4.78 is 1.79. The first-order valence-corrected chi connectivity index (χ1v) is 9.05. The minimum atomic E-state index is -0.0480. The second-order valence-electron chi connectivity index (χ2n) is 5.76. The number of amides is 1. The van der Waals surface area contributed by atoms with Crippen molar-refractivity contribution in [1.29, 1.82) is 0 Å². The van der Waals surface area contributed by atoms with Crippen molar-refractivity contribution in [2.45, 2.75) is 6.42 Å². The summed E-state index contributed by atoms with van der Waals surface area (Å²) in [5, 5.41) is 10.0. The number of nitrogens with zero attached hydrogens (tertiary/aromatic N) is 3. The average molecular weight is 360 g/mol. The second-order valence-corrected chi connectivity index (χ2v) is 6.65.